The summed E-state index contributed by atoms with van der Waals surface area (Å²) in [5, 5.41) is 12.1. The Morgan fingerprint density at radius 2 is 1.21 bits per heavy atom. The molecule has 4 atom stereocenters. The normalized spacial score (nSPS) is 14.5. The predicted octanol–water partition coefficient (Wildman–Crippen LogP) is 12.8. The Morgan fingerprint density at radius 3 is 1.71 bits per heavy atom. The SMILES string of the molecule is CC(=O)c1ccc(Br)cc1.CC(C)=C(C)c1ccc(Br)cc1.CC(C)=C(C)c1ccc(C#Cc2nc(C)c(C(=O)C[C@@H](CCN)C(=O)N(C)[C@@H]3C(=O)C[C@@H](C)C(=O)N[C@H](C(=O)CCC#N)Cc4ccc(OCCN)c(c4)-c4cc3ccc4OCCN)c(C)n2)cc1. The predicted molar refractivity (Wildman–Crippen MR) is 367 cm³/mol. The number of aryl methyl sites for hydroxylation is 2. The van der Waals surface area contributed by atoms with E-state index in [1.165, 1.54) is 39.8 Å². The van der Waals surface area contributed by atoms with E-state index in [-0.39, 0.29) is 100 Å². The number of carbonyl (C=O) groups excluding carboxylic acids is 6. The van der Waals surface area contributed by atoms with Crippen LogP contribution in [0.3, 0.4) is 0 Å². The second-order valence-electron chi connectivity index (χ2n) is 22.8. The summed E-state index contributed by atoms with van der Waals surface area (Å²) in [6, 6.07) is 33.8. The maximum atomic E-state index is 14.8. The van der Waals surface area contributed by atoms with E-state index in [0.29, 0.717) is 45.1 Å². The zero-order chi connectivity index (χ0) is 67.1. The standard InChI is InChI=1S/C54H64N8O7.C11H13Br.C8H7BrO/c1-32(2)34(4)39-14-10-37(11-15-39)13-19-50-59-35(5)51(36(6)60-50)46(64)31-41(20-22-56)54(67)62(7)52-40-16-18-49(69-26-24-58)43(30-40)42-28-38(12-17-48(42)68-25-23-57)29-44(45(63)9-8-21-55)61-53(66)33(3)27-47(52)65;1-8(2)9(3)10-4-6-11(12)7-5-10;1-6(10)7-2-4-8(9)5-3-7/h10-12,14-18,28,30,33,41,44,52H,8-9,20,22-27,29,31,56-58H2,1-7H3,(H,61,66);4-7H,1-3H3;2-5H,1H3/t33-,41-,44+,52+;;/m1../s1. The first kappa shape index (κ1) is 73.5. The van der Waals surface area contributed by atoms with E-state index >= 15 is 0 Å². The molecule has 91 heavy (non-hydrogen) atoms. The second kappa shape index (κ2) is 36.0. The molecule has 2 heterocycles. The van der Waals surface area contributed by atoms with Crippen LogP contribution in [0.1, 0.15) is 159 Å². The number of likely N-dealkylation sites (N-methyl/N-ethyl adjacent to an activating group) is 1. The number of hydrogen-bond donors (Lipinski definition) is 4. The molecule has 7 N–H and O–H groups in total. The van der Waals surface area contributed by atoms with Crippen LogP contribution in [0.4, 0.5) is 0 Å². The van der Waals surface area contributed by atoms with Gasteiger partial charge in [-0.05, 0) is 182 Å². The van der Waals surface area contributed by atoms with Crippen molar-refractivity contribution in [2.45, 2.75) is 120 Å². The number of Topliss-reactive ketones (excluding diaryl/α,β-unsaturated/α-hetero) is 4. The van der Waals surface area contributed by atoms with Crippen molar-refractivity contribution in [1.29, 1.82) is 5.26 Å². The highest BCUT2D eigenvalue weighted by atomic mass is 79.9. The van der Waals surface area contributed by atoms with Crippen molar-refractivity contribution in [3.8, 4) is 40.5 Å². The van der Waals surface area contributed by atoms with Gasteiger partial charge in [0.1, 0.15) is 30.8 Å². The van der Waals surface area contributed by atoms with Crippen LogP contribution in [0.25, 0.3) is 22.3 Å². The van der Waals surface area contributed by atoms with Crippen LogP contribution < -0.4 is 32.0 Å². The number of nitrogens with one attached hydrogen (secondary N) is 1. The molecule has 0 fully saturated rings. The molecular formula is C73H84Br2N8O8. The molecule has 0 saturated carbocycles. The number of fused-ring (bicyclic) bond motifs is 5. The quantitative estimate of drug-likeness (QED) is 0.0434. The summed E-state index contributed by atoms with van der Waals surface area (Å²) in [7, 11) is 1.49. The lowest BCUT2D eigenvalue weighted by Gasteiger charge is -2.32. The van der Waals surface area contributed by atoms with Gasteiger partial charge in [0.2, 0.25) is 17.6 Å². The lowest BCUT2D eigenvalue weighted by Crippen LogP contribution is -2.46. The highest BCUT2D eigenvalue weighted by Crippen LogP contribution is 2.41. The van der Waals surface area contributed by atoms with Crippen LogP contribution in [0.15, 0.2) is 129 Å². The molecule has 4 bridgehead atoms. The smallest absolute Gasteiger partial charge is 0.226 e. The van der Waals surface area contributed by atoms with Crippen molar-refractivity contribution in [3.63, 3.8) is 0 Å². The van der Waals surface area contributed by atoms with Gasteiger partial charge in [0.25, 0.3) is 0 Å². The number of ether oxygens (including phenoxy) is 2. The molecule has 6 aromatic rings. The van der Waals surface area contributed by atoms with Gasteiger partial charge < -0.3 is 36.9 Å². The topological polar surface area (TPSA) is 264 Å². The van der Waals surface area contributed by atoms with E-state index in [2.05, 4.69) is 125 Å². The van der Waals surface area contributed by atoms with Crippen molar-refractivity contribution in [2.24, 2.45) is 29.0 Å². The van der Waals surface area contributed by atoms with E-state index < -0.39 is 41.5 Å². The van der Waals surface area contributed by atoms with Gasteiger partial charge in [0.05, 0.1) is 29.1 Å². The number of nitrogens with two attached hydrogens (primary N) is 3. The molecule has 1 aliphatic heterocycles. The largest absolute Gasteiger partial charge is 0.492 e. The van der Waals surface area contributed by atoms with Gasteiger partial charge in [-0.3, -0.25) is 28.8 Å². The van der Waals surface area contributed by atoms with Crippen LogP contribution in [0.5, 0.6) is 11.5 Å². The average Bonchev–Trinajstić information content (AvgIpc) is 0.885. The van der Waals surface area contributed by atoms with Gasteiger partial charge in [-0.25, -0.2) is 9.97 Å². The van der Waals surface area contributed by atoms with Gasteiger partial charge in [-0.15, -0.1) is 0 Å². The molecule has 0 spiro atoms. The Morgan fingerprint density at radius 1 is 0.692 bits per heavy atom. The van der Waals surface area contributed by atoms with Crippen LogP contribution in [-0.4, -0.2) is 95.8 Å². The molecule has 0 saturated heterocycles. The van der Waals surface area contributed by atoms with E-state index in [4.69, 9.17) is 26.7 Å². The number of hydrogen-bond acceptors (Lipinski definition) is 14. The minimum Gasteiger partial charge on any atom is -0.492 e. The molecule has 1 aliphatic rings. The third-order valence-electron chi connectivity index (χ3n) is 15.5. The van der Waals surface area contributed by atoms with Crippen molar-refractivity contribution >= 4 is 78.0 Å². The fraction of sp³-hybridized carbons (Fsp3) is 0.356. The van der Waals surface area contributed by atoms with Crippen molar-refractivity contribution < 1.29 is 38.2 Å². The average molecular weight is 1360 g/mol. The van der Waals surface area contributed by atoms with Crippen LogP contribution in [-0.2, 0) is 25.6 Å². The first-order valence-corrected chi connectivity index (χ1v) is 31.8. The van der Waals surface area contributed by atoms with Crippen molar-refractivity contribution in [2.75, 3.05) is 39.9 Å². The van der Waals surface area contributed by atoms with E-state index in [1.807, 2.05) is 48.5 Å². The number of benzene rings is 5. The van der Waals surface area contributed by atoms with Gasteiger partial charge >= 0.3 is 0 Å². The molecule has 1 aromatic heterocycles. The lowest BCUT2D eigenvalue weighted by molar-refractivity contribution is -0.142. The van der Waals surface area contributed by atoms with Crippen molar-refractivity contribution in [3.05, 3.63) is 185 Å². The monoisotopic (exact) mass is 1360 g/mol. The summed E-state index contributed by atoms with van der Waals surface area (Å²) in [5.41, 5.74) is 30.1. The molecule has 0 aliphatic carbocycles. The van der Waals surface area contributed by atoms with Gasteiger partial charge in [0.15, 0.2) is 23.1 Å². The number of amides is 2. The molecule has 2 amide bonds. The molecule has 18 heteroatoms. The van der Waals surface area contributed by atoms with Gasteiger partial charge in [-0.2, -0.15) is 5.26 Å². The summed E-state index contributed by atoms with van der Waals surface area (Å²) in [5.74, 6) is 3.20. The number of nitrogens with zero attached hydrogens (tertiary/aromatic N) is 4. The Hall–Kier alpha value is -8.23. The molecule has 478 valence electrons. The highest BCUT2D eigenvalue weighted by molar-refractivity contribution is 9.10. The zero-order valence-electron chi connectivity index (χ0n) is 54.0. The fourth-order valence-corrected chi connectivity index (χ4v) is 10.6. The van der Waals surface area contributed by atoms with E-state index in [9.17, 15) is 34.0 Å². The van der Waals surface area contributed by atoms with E-state index in [1.54, 1.807) is 70.2 Å². The van der Waals surface area contributed by atoms with Crippen LogP contribution in [0, 0.1) is 48.9 Å². The van der Waals surface area contributed by atoms with Crippen molar-refractivity contribution in [1.82, 2.24) is 20.2 Å². The zero-order valence-corrected chi connectivity index (χ0v) is 57.2. The number of halogens is 2. The van der Waals surface area contributed by atoms with Gasteiger partial charge in [-0.1, -0.05) is 104 Å². The number of nitriles is 1. The molecule has 0 unspecified atom stereocenters. The molecule has 5 aromatic carbocycles. The first-order chi connectivity index (χ1) is 43.3. The van der Waals surface area contributed by atoms with Gasteiger partial charge in [0, 0.05) is 88.9 Å². The van der Waals surface area contributed by atoms with Crippen LogP contribution >= 0.6 is 31.9 Å². The van der Waals surface area contributed by atoms with E-state index in [0.717, 1.165) is 25.6 Å². The number of carbonyl (C=O) groups is 6. The Labute approximate surface area is 553 Å². The Kier molecular flexibility index (Phi) is 29.1. The summed E-state index contributed by atoms with van der Waals surface area (Å²) >= 11 is 6.70. The molecule has 0 radical (unpaired) electrons. The second-order valence-corrected chi connectivity index (χ2v) is 24.6. The highest BCUT2D eigenvalue weighted by Gasteiger charge is 2.37. The minimum atomic E-state index is -1.25. The minimum absolute atomic E-state index is 0.0362. The van der Waals surface area contributed by atoms with Crippen LogP contribution in [0.2, 0.25) is 0 Å². The maximum absolute atomic E-state index is 14.8. The molecular weight excluding hydrogens is 1280 g/mol. The third kappa shape index (κ3) is 21.4. The summed E-state index contributed by atoms with van der Waals surface area (Å²) < 4.78 is 14.4. The Balaban J connectivity index is 0.000000569. The number of allylic oxidation sites excluding steroid dienone is 4. The molecule has 7 rings (SSSR count). The third-order valence-corrected chi connectivity index (χ3v) is 16.6. The fourth-order valence-electron chi connectivity index (χ4n) is 10.0. The maximum Gasteiger partial charge on any atom is 0.226 e. The number of ketones is 4. The number of aromatic nitrogens is 2. The summed E-state index contributed by atoms with van der Waals surface area (Å²) in [4.78, 5) is 92.3. The molecule has 16 nitrogen and oxygen atoms in total. The summed E-state index contributed by atoms with van der Waals surface area (Å²) in [6.45, 7) is 20.0. The first-order valence-electron chi connectivity index (χ1n) is 30.3. The number of rotatable bonds is 19. The Bertz CT molecular complexity index is 3720. The lowest BCUT2D eigenvalue weighted by atomic mass is 9.88. The summed E-state index contributed by atoms with van der Waals surface area (Å²) in [6.07, 6.45) is -0.465.